The minimum absolute atomic E-state index is 0.767. The second kappa shape index (κ2) is 5.77. The molecule has 0 amide bonds. The fourth-order valence-electron chi connectivity index (χ4n) is 0.825. The van der Waals surface area contributed by atoms with E-state index >= 15 is 0 Å². The third-order valence-corrected chi connectivity index (χ3v) is 1.98. The maximum atomic E-state index is 5.19. The van der Waals surface area contributed by atoms with E-state index in [4.69, 9.17) is 12.2 Å². The molecule has 0 aromatic carbocycles. The molecule has 68 valence electrons. The van der Waals surface area contributed by atoms with Gasteiger partial charge >= 0.3 is 0 Å². The molecule has 0 radical (unpaired) electrons. The zero-order valence-electron chi connectivity index (χ0n) is 7.79. The molecule has 0 aliphatic carbocycles. The van der Waals surface area contributed by atoms with Crippen LogP contribution in [-0.2, 0) is 0 Å². The first kappa shape index (κ1) is 11.2. The van der Waals surface area contributed by atoms with Crippen LogP contribution in [0.3, 0.4) is 0 Å². The Balaban J connectivity index is 4.17. The summed E-state index contributed by atoms with van der Waals surface area (Å²) in [7, 11) is 3.86. The molecule has 0 unspecified atom stereocenters. The predicted octanol–water partition coefficient (Wildman–Crippen LogP) is 1.51. The SMILES string of the molecule is C=CCN(CC=C)C(=S)N(C)C. The van der Waals surface area contributed by atoms with Gasteiger partial charge in [-0.1, -0.05) is 12.2 Å². The molecule has 0 saturated heterocycles. The molecule has 0 rings (SSSR count). The zero-order valence-corrected chi connectivity index (χ0v) is 8.60. The maximum absolute atomic E-state index is 5.19. The summed E-state index contributed by atoms with van der Waals surface area (Å²) in [6.45, 7) is 8.87. The molecule has 3 heteroatoms. The summed E-state index contributed by atoms with van der Waals surface area (Å²) in [6, 6.07) is 0. The predicted molar refractivity (Wildman–Crippen MR) is 58.3 cm³/mol. The summed E-state index contributed by atoms with van der Waals surface area (Å²) < 4.78 is 0. The quantitative estimate of drug-likeness (QED) is 0.483. The van der Waals surface area contributed by atoms with E-state index in [0.717, 1.165) is 18.2 Å². The van der Waals surface area contributed by atoms with Crippen molar-refractivity contribution in [2.24, 2.45) is 0 Å². The van der Waals surface area contributed by atoms with Crippen molar-refractivity contribution in [3.05, 3.63) is 25.3 Å². The third-order valence-electron chi connectivity index (χ3n) is 1.35. The fraction of sp³-hybridized carbons (Fsp3) is 0.444. The van der Waals surface area contributed by atoms with Crippen molar-refractivity contribution in [1.82, 2.24) is 9.80 Å². The molecule has 0 fully saturated rings. The van der Waals surface area contributed by atoms with Crippen molar-refractivity contribution >= 4 is 17.3 Å². The van der Waals surface area contributed by atoms with Crippen LogP contribution in [0.15, 0.2) is 25.3 Å². The number of hydrogen-bond acceptors (Lipinski definition) is 1. The van der Waals surface area contributed by atoms with Gasteiger partial charge in [0.05, 0.1) is 0 Å². The maximum Gasteiger partial charge on any atom is 0.171 e. The van der Waals surface area contributed by atoms with E-state index in [-0.39, 0.29) is 0 Å². The normalized spacial score (nSPS) is 8.83. The molecule has 0 heterocycles. The minimum Gasteiger partial charge on any atom is -0.355 e. The summed E-state index contributed by atoms with van der Waals surface area (Å²) in [5, 5.41) is 0.815. The van der Waals surface area contributed by atoms with E-state index in [1.165, 1.54) is 0 Å². The summed E-state index contributed by atoms with van der Waals surface area (Å²) in [6.07, 6.45) is 3.67. The van der Waals surface area contributed by atoms with Crippen LogP contribution in [0.2, 0.25) is 0 Å². The van der Waals surface area contributed by atoms with Crippen molar-refractivity contribution in [2.45, 2.75) is 0 Å². The van der Waals surface area contributed by atoms with Crippen LogP contribution in [0, 0.1) is 0 Å². The third kappa shape index (κ3) is 3.53. The average molecular weight is 184 g/mol. The van der Waals surface area contributed by atoms with Gasteiger partial charge in [-0.05, 0) is 12.2 Å². The summed E-state index contributed by atoms with van der Waals surface area (Å²) >= 11 is 5.19. The van der Waals surface area contributed by atoms with Gasteiger partial charge in [-0.2, -0.15) is 0 Å². The summed E-state index contributed by atoms with van der Waals surface area (Å²) in [5.74, 6) is 0. The van der Waals surface area contributed by atoms with Gasteiger partial charge in [-0.25, -0.2) is 0 Å². The molecule has 0 saturated carbocycles. The molecule has 12 heavy (non-hydrogen) atoms. The Morgan fingerprint density at radius 1 is 1.25 bits per heavy atom. The van der Waals surface area contributed by atoms with Crippen LogP contribution in [0.5, 0.6) is 0 Å². The van der Waals surface area contributed by atoms with Crippen molar-refractivity contribution < 1.29 is 0 Å². The van der Waals surface area contributed by atoms with Gasteiger partial charge in [0.25, 0.3) is 0 Å². The van der Waals surface area contributed by atoms with Crippen LogP contribution in [0.1, 0.15) is 0 Å². The van der Waals surface area contributed by atoms with Crippen LogP contribution < -0.4 is 0 Å². The van der Waals surface area contributed by atoms with E-state index < -0.39 is 0 Å². The van der Waals surface area contributed by atoms with Crippen LogP contribution in [0.25, 0.3) is 0 Å². The molecule has 0 N–H and O–H groups in total. The number of nitrogens with zero attached hydrogens (tertiary/aromatic N) is 2. The van der Waals surface area contributed by atoms with Gasteiger partial charge in [-0.15, -0.1) is 13.2 Å². The molecule has 0 bridgehead atoms. The molecule has 0 spiro atoms. The molecule has 0 atom stereocenters. The van der Waals surface area contributed by atoms with Crippen molar-refractivity contribution in [3.8, 4) is 0 Å². The van der Waals surface area contributed by atoms with Gasteiger partial charge in [0.15, 0.2) is 5.11 Å². The molecule has 2 nitrogen and oxygen atoms in total. The van der Waals surface area contributed by atoms with Gasteiger partial charge in [0.1, 0.15) is 0 Å². The van der Waals surface area contributed by atoms with Crippen molar-refractivity contribution in [1.29, 1.82) is 0 Å². The number of hydrogen-bond donors (Lipinski definition) is 0. The van der Waals surface area contributed by atoms with E-state index in [1.54, 1.807) is 0 Å². The summed E-state index contributed by atoms with van der Waals surface area (Å²) in [5.41, 5.74) is 0. The Morgan fingerprint density at radius 2 is 1.67 bits per heavy atom. The number of thiocarbonyl (C=S) groups is 1. The molecule has 0 aromatic rings. The van der Waals surface area contributed by atoms with Crippen LogP contribution >= 0.6 is 12.2 Å². The second-order valence-electron chi connectivity index (χ2n) is 2.66. The fourth-order valence-corrected chi connectivity index (χ4v) is 0.974. The Labute approximate surface area is 80.2 Å². The van der Waals surface area contributed by atoms with Crippen LogP contribution in [0.4, 0.5) is 0 Å². The Bertz CT molecular complexity index is 165. The highest BCUT2D eigenvalue weighted by molar-refractivity contribution is 7.80. The standard InChI is InChI=1S/C9H16N2S/c1-5-7-11(8-6-2)9(12)10(3)4/h5-6H,1-2,7-8H2,3-4H3. The highest BCUT2D eigenvalue weighted by atomic mass is 32.1. The van der Waals surface area contributed by atoms with Crippen LogP contribution in [-0.4, -0.2) is 42.1 Å². The highest BCUT2D eigenvalue weighted by Crippen LogP contribution is 1.95. The Morgan fingerprint density at radius 3 is 1.92 bits per heavy atom. The first-order valence-corrected chi connectivity index (χ1v) is 4.22. The Hall–Kier alpha value is -0.830. The molecular formula is C9H16N2S. The van der Waals surface area contributed by atoms with Gasteiger partial charge in [0, 0.05) is 27.2 Å². The van der Waals surface area contributed by atoms with E-state index in [2.05, 4.69) is 13.2 Å². The minimum atomic E-state index is 0.767. The number of rotatable bonds is 4. The molecule has 0 aliphatic rings. The first-order chi connectivity index (χ1) is 5.63. The zero-order chi connectivity index (χ0) is 9.56. The van der Waals surface area contributed by atoms with Gasteiger partial charge in [-0.3, -0.25) is 0 Å². The molecular weight excluding hydrogens is 168 g/mol. The monoisotopic (exact) mass is 184 g/mol. The van der Waals surface area contributed by atoms with E-state index in [0.29, 0.717) is 0 Å². The lowest BCUT2D eigenvalue weighted by Gasteiger charge is -2.26. The van der Waals surface area contributed by atoms with E-state index in [9.17, 15) is 0 Å². The van der Waals surface area contributed by atoms with Crippen molar-refractivity contribution in [2.75, 3.05) is 27.2 Å². The van der Waals surface area contributed by atoms with Gasteiger partial charge < -0.3 is 9.80 Å². The van der Waals surface area contributed by atoms with E-state index in [1.807, 2.05) is 36.0 Å². The Kier molecular flexibility index (Phi) is 5.37. The smallest absolute Gasteiger partial charge is 0.171 e. The lowest BCUT2D eigenvalue weighted by molar-refractivity contribution is 0.442. The lowest BCUT2D eigenvalue weighted by atomic mass is 10.5. The highest BCUT2D eigenvalue weighted by Gasteiger charge is 2.06. The van der Waals surface area contributed by atoms with Crippen molar-refractivity contribution in [3.63, 3.8) is 0 Å². The summed E-state index contributed by atoms with van der Waals surface area (Å²) in [4.78, 5) is 3.93. The topological polar surface area (TPSA) is 6.48 Å². The average Bonchev–Trinajstić information content (AvgIpc) is 2.03. The largest absolute Gasteiger partial charge is 0.355 e. The second-order valence-corrected chi connectivity index (χ2v) is 3.02. The first-order valence-electron chi connectivity index (χ1n) is 3.81. The lowest BCUT2D eigenvalue weighted by Crippen LogP contribution is -2.39. The molecule has 0 aromatic heterocycles. The molecule has 0 aliphatic heterocycles. The van der Waals surface area contributed by atoms with Gasteiger partial charge in [0.2, 0.25) is 0 Å².